The van der Waals surface area contributed by atoms with E-state index in [4.69, 9.17) is 23.2 Å². The molecule has 0 aliphatic carbocycles. The maximum atomic E-state index is 11.7. The van der Waals surface area contributed by atoms with Gasteiger partial charge in [0.25, 0.3) is 0 Å². The fourth-order valence-corrected chi connectivity index (χ4v) is 3.71. The van der Waals surface area contributed by atoms with E-state index in [0.29, 0.717) is 21.4 Å². The third-order valence-corrected chi connectivity index (χ3v) is 5.19. The fourth-order valence-electron chi connectivity index (χ4n) is 2.88. The van der Waals surface area contributed by atoms with E-state index in [0.717, 1.165) is 16.6 Å². The second kappa shape index (κ2) is 7.75. The Hall–Kier alpha value is -2.67. The summed E-state index contributed by atoms with van der Waals surface area (Å²) in [4.78, 5) is 18.1. The number of carboxylic acids is 1. The molecule has 140 valence electrons. The minimum atomic E-state index is -1.07. The van der Waals surface area contributed by atoms with Crippen LogP contribution in [0, 0.1) is 0 Å². The number of nitrogens with one attached hydrogen (secondary N) is 1. The van der Waals surface area contributed by atoms with Gasteiger partial charge in [-0.15, -0.1) is 11.8 Å². The van der Waals surface area contributed by atoms with Gasteiger partial charge in [0, 0.05) is 27.8 Å². The Morgan fingerprint density at radius 3 is 2.54 bits per heavy atom. The quantitative estimate of drug-likeness (QED) is 0.494. The van der Waals surface area contributed by atoms with Crippen LogP contribution in [0.3, 0.4) is 0 Å². The molecule has 1 aliphatic heterocycles. The van der Waals surface area contributed by atoms with Gasteiger partial charge in [-0.05, 0) is 47.2 Å². The topological polar surface area (TPSA) is 65.5 Å². The lowest BCUT2D eigenvalue weighted by Gasteiger charge is -2.23. The van der Waals surface area contributed by atoms with Gasteiger partial charge in [0.15, 0.2) is 0 Å². The van der Waals surface area contributed by atoms with Crippen LogP contribution in [-0.2, 0) is 0 Å². The van der Waals surface area contributed by atoms with Crippen LogP contribution < -0.4 is 10.2 Å². The van der Waals surface area contributed by atoms with Gasteiger partial charge in [-0.3, -0.25) is 4.98 Å². The Bertz CT molecular complexity index is 1140. The van der Waals surface area contributed by atoms with Crippen molar-refractivity contribution in [3.05, 3.63) is 81.4 Å². The van der Waals surface area contributed by atoms with Gasteiger partial charge in [0.1, 0.15) is 0 Å². The molecule has 0 saturated carbocycles. The van der Waals surface area contributed by atoms with Crippen molar-refractivity contribution in [1.29, 1.82) is 0 Å². The molecule has 0 fully saturated rings. The van der Waals surface area contributed by atoms with Gasteiger partial charge in [0.2, 0.25) is 0 Å². The molecule has 1 aromatic heterocycles. The summed E-state index contributed by atoms with van der Waals surface area (Å²) in [5.41, 5.74) is 2.68. The molecule has 4 rings (SSSR count). The summed E-state index contributed by atoms with van der Waals surface area (Å²) in [6, 6.07) is 10.1. The lowest BCUT2D eigenvalue weighted by Crippen LogP contribution is -2.12. The van der Waals surface area contributed by atoms with Crippen LogP contribution in [0.4, 0.5) is 17.1 Å². The Labute approximate surface area is 175 Å². The number of halogens is 2. The first-order chi connectivity index (χ1) is 13.5. The van der Waals surface area contributed by atoms with Crippen molar-refractivity contribution in [1.82, 2.24) is 4.98 Å². The second-order valence-corrected chi connectivity index (χ2v) is 7.60. The monoisotopic (exact) mass is 429 g/mol. The molecule has 5 nitrogen and oxygen atoms in total. The van der Waals surface area contributed by atoms with E-state index < -0.39 is 5.97 Å². The summed E-state index contributed by atoms with van der Waals surface area (Å²) in [5.74, 6) is -1.07. The van der Waals surface area contributed by atoms with Gasteiger partial charge in [-0.1, -0.05) is 23.2 Å². The predicted octanol–water partition coefficient (Wildman–Crippen LogP) is 6.48. The van der Waals surface area contributed by atoms with E-state index in [-0.39, 0.29) is 5.56 Å². The van der Waals surface area contributed by atoms with Crippen LogP contribution in [0.25, 0.3) is 10.9 Å². The molecular formula is C20H13Cl2N3O2S. The van der Waals surface area contributed by atoms with E-state index in [9.17, 15) is 9.90 Å². The highest BCUT2D eigenvalue weighted by Gasteiger charge is 2.17. The van der Waals surface area contributed by atoms with Crippen LogP contribution in [-0.4, -0.2) is 16.1 Å². The second-order valence-electron chi connectivity index (χ2n) is 5.91. The third kappa shape index (κ3) is 3.67. The van der Waals surface area contributed by atoms with Crippen molar-refractivity contribution in [3.63, 3.8) is 0 Å². The molecule has 1 aliphatic rings. The minimum absolute atomic E-state index is 0.0747. The molecule has 0 spiro atoms. The molecule has 2 heterocycles. The minimum Gasteiger partial charge on any atom is -0.478 e. The van der Waals surface area contributed by atoms with Gasteiger partial charge >= 0.3 is 5.97 Å². The maximum Gasteiger partial charge on any atom is 0.337 e. The van der Waals surface area contributed by atoms with E-state index in [2.05, 4.69) is 10.3 Å². The Morgan fingerprint density at radius 2 is 1.79 bits per heavy atom. The lowest BCUT2D eigenvalue weighted by atomic mass is 10.1. The number of carbonyl (C=O) groups is 1. The SMILES string of the molecule is O=C(O)c1cc(Cl)ccc1Nc1c(N2C=CSC=C2)cnc2ccc(Cl)cc12. The van der Waals surface area contributed by atoms with Crippen molar-refractivity contribution < 1.29 is 9.90 Å². The van der Waals surface area contributed by atoms with Crippen molar-refractivity contribution in [3.8, 4) is 0 Å². The Kier molecular flexibility index (Phi) is 5.17. The lowest BCUT2D eigenvalue weighted by molar-refractivity contribution is 0.0698. The highest BCUT2D eigenvalue weighted by Crippen LogP contribution is 2.38. The molecule has 2 aromatic carbocycles. The molecule has 0 atom stereocenters. The van der Waals surface area contributed by atoms with Crippen LogP contribution in [0.15, 0.2) is 65.8 Å². The first-order valence-corrected chi connectivity index (χ1v) is 9.88. The molecule has 28 heavy (non-hydrogen) atoms. The number of aromatic carboxylic acids is 1. The summed E-state index contributed by atoms with van der Waals surface area (Å²) >= 11 is 13.8. The molecule has 0 unspecified atom stereocenters. The summed E-state index contributed by atoms with van der Waals surface area (Å²) < 4.78 is 0. The molecule has 0 amide bonds. The zero-order chi connectivity index (χ0) is 19.7. The number of hydrogen-bond acceptors (Lipinski definition) is 5. The zero-order valence-electron chi connectivity index (χ0n) is 14.3. The van der Waals surface area contributed by atoms with E-state index in [1.807, 2.05) is 34.2 Å². The molecule has 0 radical (unpaired) electrons. The van der Waals surface area contributed by atoms with Crippen LogP contribution in [0.1, 0.15) is 10.4 Å². The average Bonchev–Trinajstić information content (AvgIpc) is 2.70. The zero-order valence-corrected chi connectivity index (χ0v) is 16.6. The van der Waals surface area contributed by atoms with Crippen LogP contribution in [0.5, 0.6) is 0 Å². The normalized spacial score (nSPS) is 13.1. The number of carboxylic acid groups (broad SMARTS) is 1. The number of fused-ring (bicyclic) bond motifs is 1. The number of nitrogens with zero attached hydrogens (tertiary/aromatic N) is 2. The third-order valence-electron chi connectivity index (χ3n) is 4.16. The van der Waals surface area contributed by atoms with Gasteiger partial charge in [-0.25, -0.2) is 4.79 Å². The first kappa shape index (κ1) is 18.7. The van der Waals surface area contributed by atoms with E-state index in [1.165, 1.54) is 6.07 Å². The predicted molar refractivity (Wildman–Crippen MR) is 117 cm³/mol. The standard InChI is InChI=1S/C20H13Cl2N3O2S/c21-12-1-3-16-14(9-12)19(18(11-23-16)25-5-7-28-8-6-25)24-17-4-2-13(22)10-15(17)20(26)27/h1-11H,(H,23,24)(H,26,27). The molecule has 0 bridgehead atoms. The van der Waals surface area contributed by atoms with Gasteiger partial charge in [0.05, 0.1) is 34.3 Å². The summed E-state index contributed by atoms with van der Waals surface area (Å²) in [6.45, 7) is 0. The van der Waals surface area contributed by atoms with Crippen molar-refractivity contribution >= 4 is 68.9 Å². The number of aromatic nitrogens is 1. The largest absolute Gasteiger partial charge is 0.478 e. The average molecular weight is 430 g/mol. The number of thioether (sulfide) groups is 1. The van der Waals surface area contributed by atoms with E-state index >= 15 is 0 Å². The number of rotatable bonds is 4. The van der Waals surface area contributed by atoms with Gasteiger partial charge in [-0.2, -0.15) is 0 Å². The Morgan fingerprint density at radius 1 is 1.07 bits per heavy atom. The highest BCUT2D eigenvalue weighted by atomic mass is 35.5. The maximum absolute atomic E-state index is 11.7. The van der Waals surface area contributed by atoms with Crippen LogP contribution >= 0.6 is 35.0 Å². The molecule has 3 aromatic rings. The first-order valence-electron chi connectivity index (χ1n) is 8.18. The van der Waals surface area contributed by atoms with Crippen LogP contribution in [0.2, 0.25) is 10.0 Å². The number of anilines is 3. The summed E-state index contributed by atoms with van der Waals surface area (Å²) in [7, 11) is 0. The molecule has 8 heteroatoms. The van der Waals surface area contributed by atoms with Crippen molar-refractivity contribution in [2.75, 3.05) is 10.2 Å². The Balaban J connectivity index is 1.92. The molecule has 0 saturated heterocycles. The fraction of sp³-hybridized carbons (Fsp3) is 0. The molecular weight excluding hydrogens is 417 g/mol. The van der Waals surface area contributed by atoms with Gasteiger partial charge < -0.3 is 15.3 Å². The number of benzene rings is 2. The summed E-state index contributed by atoms with van der Waals surface area (Å²) in [5, 5.41) is 18.4. The van der Waals surface area contributed by atoms with E-state index in [1.54, 1.807) is 42.2 Å². The van der Waals surface area contributed by atoms with Crippen molar-refractivity contribution in [2.24, 2.45) is 0 Å². The molecule has 2 N–H and O–H groups in total. The number of hydrogen-bond donors (Lipinski definition) is 2. The number of pyridine rings is 1. The highest BCUT2D eigenvalue weighted by molar-refractivity contribution is 8.04. The smallest absolute Gasteiger partial charge is 0.337 e. The summed E-state index contributed by atoms with van der Waals surface area (Å²) in [6.07, 6.45) is 5.55. The van der Waals surface area contributed by atoms with Crippen molar-refractivity contribution in [2.45, 2.75) is 0 Å².